The Kier molecular flexibility index (Phi) is 5.20. The number of ether oxygens (including phenoxy) is 1. The molecule has 1 atom stereocenters. The molecule has 0 heterocycles. The molecule has 28 heavy (non-hydrogen) atoms. The first-order valence-corrected chi connectivity index (χ1v) is 12.1. The van der Waals surface area contributed by atoms with E-state index in [1.54, 1.807) is 38.5 Å². The zero-order valence-corrected chi connectivity index (χ0v) is 18.1. The van der Waals surface area contributed by atoms with E-state index in [0.29, 0.717) is 11.5 Å². The van der Waals surface area contributed by atoms with Gasteiger partial charge in [0, 0.05) is 6.04 Å². The summed E-state index contributed by atoms with van der Waals surface area (Å²) in [4.78, 5) is 2.87. The van der Waals surface area contributed by atoms with Gasteiger partial charge in [-0.1, -0.05) is 19.1 Å². The highest BCUT2D eigenvalue weighted by atomic mass is 16.5. The lowest BCUT2D eigenvalue weighted by Gasteiger charge is -2.57. The van der Waals surface area contributed by atoms with Gasteiger partial charge in [-0.25, -0.2) is 0 Å². The molecule has 0 radical (unpaired) electrons. The molecular weight excluding hydrogens is 342 g/mol. The fourth-order valence-electron chi connectivity index (χ4n) is 7.98. The standard InChI is InChI=1S/C26H39NO/c1-3-10-27(23-8-7-22-5-4-6-25(28-2)24(22)15-23)11-9-26-16-19-12-20(17-26)14-21(13-19)18-26/h4-6,19-21,23H,3,7-18H2,1-2H3. The van der Waals surface area contributed by atoms with Crippen LogP contribution in [0.15, 0.2) is 18.2 Å². The summed E-state index contributed by atoms with van der Waals surface area (Å²) in [5, 5.41) is 0. The number of fused-ring (bicyclic) bond motifs is 1. The largest absolute Gasteiger partial charge is 0.496 e. The first-order chi connectivity index (χ1) is 13.7. The van der Waals surface area contributed by atoms with Crippen molar-refractivity contribution in [1.82, 2.24) is 4.90 Å². The lowest BCUT2D eigenvalue weighted by atomic mass is 9.49. The molecule has 0 aliphatic heterocycles. The van der Waals surface area contributed by atoms with Crippen LogP contribution in [-0.4, -0.2) is 31.1 Å². The highest BCUT2D eigenvalue weighted by molar-refractivity contribution is 5.42. The second-order valence-electron chi connectivity index (χ2n) is 10.7. The first-order valence-electron chi connectivity index (χ1n) is 12.1. The molecular formula is C26H39NO. The second kappa shape index (κ2) is 7.67. The first kappa shape index (κ1) is 19.0. The average Bonchev–Trinajstić information content (AvgIpc) is 2.69. The normalized spacial score (nSPS) is 36.0. The zero-order chi connectivity index (χ0) is 19.1. The molecule has 6 rings (SSSR count). The van der Waals surface area contributed by atoms with Gasteiger partial charge < -0.3 is 9.64 Å². The van der Waals surface area contributed by atoms with Gasteiger partial charge in [-0.15, -0.1) is 0 Å². The summed E-state index contributed by atoms with van der Waals surface area (Å²) in [6.07, 6.45) is 15.8. The van der Waals surface area contributed by atoms with E-state index in [4.69, 9.17) is 4.74 Å². The van der Waals surface area contributed by atoms with Crippen molar-refractivity contribution < 1.29 is 4.74 Å². The molecule has 1 aromatic carbocycles. The third-order valence-corrected chi connectivity index (χ3v) is 8.76. The molecule has 1 unspecified atom stereocenters. The Labute approximate surface area is 172 Å². The highest BCUT2D eigenvalue weighted by Gasteiger charge is 2.50. The molecule has 4 fully saturated rings. The quantitative estimate of drug-likeness (QED) is 0.585. The van der Waals surface area contributed by atoms with Crippen molar-refractivity contribution in [1.29, 1.82) is 0 Å². The van der Waals surface area contributed by atoms with Gasteiger partial charge in [0.25, 0.3) is 0 Å². The SMILES string of the molecule is CCCN(CCC12CC3CC(CC(C3)C1)C2)C1CCc2cccc(OC)c2C1. The minimum atomic E-state index is 0.706. The number of methoxy groups -OCH3 is 1. The van der Waals surface area contributed by atoms with E-state index in [9.17, 15) is 0 Å². The fraction of sp³-hybridized carbons (Fsp3) is 0.769. The van der Waals surface area contributed by atoms with Gasteiger partial charge in [0.2, 0.25) is 0 Å². The molecule has 0 amide bonds. The van der Waals surface area contributed by atoms with E-state index in [1.165, 1.54) is 56.3 Å². The Morgan fingerprint density at radius 2 is 1.75 bits per heavy atom. The maximum Gasteiger partial charge on any atom is 0.122 e. The molecule has 1 aromatic rings. The van der Waals surface area contributed by atoms with Crippen LogP contribution in [0.25, 0.3) is 0 Å². The van der Waals surface area contributed by atoms with E-state index in [-0.39, 0.29) is 0 Å². The molecule has 5 aliphatic rings. The lowest BCUT2D eigenvalue weighted by Crippen LogP contribution is -2.48. The van der Waals surface area contributed by atoms with E-state index in [1.807, 2.05) is 7.11 Å². The summed E-state index contributed by atoms with van der Waals surface area (Å²) in [5.41, 5.74) is 3.72. The van der Waals surface area contributed by atoms with E-state index in [2.05, 4.69) is 30.0 Å². The Hall–Kier alpha value is -1.02. The van der Waals surface area contributed by atoms with Gasteiger partial charge >= 0.3 is 0 Å². The minimum absolute atomic E-state index is 0.706. The van der Waals surface area contributed by atoms with Crippen LogP contribution >= 0.6 is 0 Å². The minimum Gasteiger partial charge on any atom is -0.496 e. The molecule has 2 heteroatoms. The number of benzene rings is 1. The van der Waals surface area contributed by atoms with Crippen molar-refractivity contribution >= 4 is 0 Å². The zero-order valence-electron chi connectivity index (χ0n) is 18.1. The van der Waals surface area contributed by atoms with E-state index >= 15 is 0 Å². The second-order valence-corrected chi connectivity index (χ2v) is 10.7. The van der Waals surface area contributed by atoms with Crippen molar-refractivity contribution in [2.24, 2.45) is 23.2 Å². The Morgan fingerprint density at radius 1 is 1.04 bits per heavy atom. The van der Waals surface area contributed by atoms with Gasteiger partial charge in [0.15, 0.2) is 0 Å². The van der Waals surface area contributed by atoms with Crippen LogP contribution < -0.4 is 4.74 Å². The van der Waals surface area contributed by atoms with Gasteiger partial charge in [-0.2, -0.15) is 0 Å². The average molecular weight is 382 g/mol. The molecule has 0 spiro atoms. The number of rotatable bonds is 7. The summed E-state index contributed by atoms with van der Waals surface area (Å²) >= 11 is 0. The monoisotopic (exact) mass is 381 g/mol. The van der Waals surface area contributed by atoms with Crippen molar-refractivity contribution in [3.63, 3.8) is 0 Å². The Balaban J connectivity index is 1.28. The van der Waals surface area contributed by atoms with Crippen molar-refractivity contribution in [2.75, 3.05) is 20.2 Å². The lowest BCUT2D eigenvalue weighted by molar-refractivity contribution is -0.0626. The predicted molar refractivity (Wildman–Crippen MR) is 116 cm³/mol. The maximum atomic E-state index is 5.71. The van der Waals surface area contributed by atoms with Crippen molar-refractivity contribution in [3.05, 3.63) is 29.3 Å². The van der Waals surface area contributed by atoms with Crippen LogP contribution in [0.1, 0.15) is 75.8 Å². The topological polar surface area (TPSA) is 12.5 Å². The summed E-state index contributed by atoms with van der Waals surface area (Å²) < 4.78 is 5.71. The molecule has 0 saturated heterocycles. The molecule has 4 saturated carbocycles. The summed E-state index contributed by atoms with van der Waals surface area (Å²) in [6, 6.07) is 7.33. The Bertz CT molecular complexity index is 646. The highest BCUT2D eigenvalue weighted by Crippen LogP contribution is 2.61. The third-order valence-electron chi connectivity index (χ3n) is 8.76. The van der Waals surface area contributed by atoms with Crippen LogP contribution in [-0.2, 0) is 12.8 Å². The number of aryl methyl sites for hydroxylation is 1. The van der Waals surface area contributed by atoms with E-state index in [0.717, 1.165) is 23.5 Å². The summed E-state index contributed by atoms with van der Waals surface area (Å²) in [5.74, 6) is 4.35. The van der Waals surface area contributed by atoms with Crippen molar-refractivity contribution in [2.45, 2.75) is 83.6 Å². The van der Waals surface area contributed by atoms with Gasteiger partial charge in [-0.3, -0.25) is 0 Å². The fourth-order valence-corrected chi connectivity index (χ4v) is 7.98. The smallest absolute Gasteiger partial charge is 0.122 e. The number of hydrogen-bond donors (Lipinski definition) is 0. The van der Waals surface area contributed by atoms with Gasteiger partial charge in [-0.05, 0) is 124 Å². The van der Waals surface area contributed by atoms with E-state index < -0.39 is 0 Å². The molecule has 2 nitrogen and oxygen atoms in total. The van der Waals surface area contributed by atoms with Crippen LogP contribution in [0, 0.1) is 23.2 Å². The third kappa shape index (κ3) is 3.51. The van der Waals surface area contributed by atoms with Crippen LogP contribution in [0.3, 0.4) is 0 Å². The molecule has 0 N–H and O–H groups in total. The molecule has 5 aliphatic carbocycles. The van der Waals surface area contributed by atoms with Crippen LogP contribution in [0.4, 0.5) is 0 Å². The van der Waals surface area contributed by atoms with Crippen molar-refractivity contribution in [3.8, 4) is 5.75 Å². The Morgan fingerprint density at radius 3 is 2.39 bits per heavy atom. The van der Waals surface area contributed by atoms with Crippen LogP contribution in [0.2, 0.25) is 0 Å². The molecule has 0 aromatic heterocycles. The predicted octanol–water partition coefficient (Wildman–Crippen LogP) is 5.87. The number of hydrogen-bond acceptors (Lipinski definition) is 2. The summed E-state index contributed by atoms with van der Waals surface area (Å²) in [7, 11) is 1.83. The summed E-state index contributed by atoms with van der Waals surface area (Å²) in [6.45, 7) is 4.95. The van der Waals surface area contributed by atoms with Gasteiger partial charge in [0.05, 0.1) is 7.11 Å². The molecule has 154 valence electrons. The maximum absolute atomic E-state index is 5.71. The number of nitrogens with zero attached hydrogens (tertiary/aromatic N) is 1. The molecule has 4 bridgehead atoms. The van der Waals surface area contributed by atoms with Crippen LogP contribution in [0.5, 0.6) is 5.75 Å². The van der Waals surface area contributed by atoms with Gasteiger partial charge in [0.1, 0.15) is 5.75 Å².